The van der Waals surface area contributed by atoms with Crippen molar-refractivity contribution < 1.29 is 4.79 Å². The zero-order valence-corrected chi connectivity index (χ0v) is 9.97. The molecule has 0 bridgehead atoms. The number of rotatable bonds is 3. The molecule has 1 aliphatic rings. The molecule has 1 rings (SSSR count). The van der Waals surface area contributed by atoms with Crippen LogP contribution < -0.4 is 0 Å². The monoisotopic (exact) mass is 204 g/mol. The van der Waals surface area contributed by atoms with Crippen molar-refractivity contribution in [1.82, 2.24) is 0 Å². The highest BCUT2D eigenvalue weighted by Crippen LogP contribution is 2.34. The lowest BCUT2D eigenvalue weighted by Gasteiger charge is -2.30. The Morgan fingerprint density at radius 1 is 1.47 bits per heavy atom. The maximum absolute atomic E-state index is 12.0. The summed E-state index contributed by atoms with van der Waals surface area (Å²) in [5.74, 6) is 0.653. The molecule has 0 spiro atoms. The Kier molecular flexibility index (Phi) is 3.67. The van der Waals surface area contributed by atoms with Crippen molar-refractivity contribution in [2.24, 2.45) is 11.8 Å². The standard InChI is InChI=1S/C14H20O/c1-9(2)8-13-12(10(3)4)7-6-11(5)14(13)15/h6,12-13H,1,3,7-8H2,2,4-5H3/t12-,13-/m0/s1. The average Bonchev–Trinajstić information content (AvgIpc) is 2.12. The van der Waals surface area contributed by atoms with Crippen molar-refractivity contribution in [2.75, 3.05) is 0 Å². The van der Waals surface area contributed by atoms with Crippen molar-refractivity contribution in [3.05, 3.63) is 36.0 Å². The fourth-order valence-corrected chi connectivity index (χ4v) is 2.20. The van der Waals surface area contributed by atoms with Gasteiger partial charge in [0, 0.05) is 5.92 Å². The van der Waals surface area contributed by atoms with Gasteiger partial charge in [0.25, 0.3) is 0 Å². The van der Waals surface area contributed by atoms with E-state index in [1.807, 2.05) is 26.8 Å². The summed E-state index contributed by atoms with van der Waals surface area (Å²) < 4.78 is 0. The van der Waals surface area contributed by atoms with Gasteiger partial charge in [-0.3, -0.25) is 4.79 Å². The van der Waals surface area contributed by atoms with Crippen molar-refractivity contribution in [1.29, 1.82) is 0 Å². The molecule has 0 saturated carbocycles. The first-order valence-corrected chi connectivity index (χ1v) is 5.44. The average molecular weight is 204 g/mol. The number of Topliss-reactive ketones (excluding diaryl/α,β-unsaturated/α-hetero) is 1. The van der Waals surface area contributed by atoms with E-state index in [1.165, 1.54) is 0 Å². The van der Waals surface area contributed by atoms with Crippen LogP contribution in [-0.2, 0) is 4.79 Å². The Morgan fingerprint density at radius 2 is 2.07 bits per heavy atom. The van der Waals surface area contributed by atoms with E-state index in [-0.39, 0.29) is 11.7 Å². The first-order valence-electron chi connectivity index (χ1n) is 5.44. The zero-order valence-electron chi connectivity index (χ0n) is 9.97. The highest BCUT2D eigenvalue weighted by molar-refractivity contribution is 5.98. The van der Waals surface area contributed by atoms with Gasteiger partial charge in [-0.25, -0.2) is 0 Å². The van der Waals surface area contributed by atoms with E-state index >= 15 is 0 Å². The summed E-state index contributed by atoms with van der Waals surface area (Å²) in [5.41, 5.74) is 3.09. The van der Waals surface area contributed by atoms with E-state index in [9.17, 15) is 4.79 Å². The number of hydrogen-bond acceptors (Lipinski definition) is 1. The van der Waals surface area contributed by atoms with E-state index in [0.29, 0.717) is 5.92 Å². The Bertz CT molecular complexity index is 333. The van der Waals surface area contributed by atoms with Gasteiger partial charge in [-0.15, -0.1) is 6.58 Å². The molecule has 0 aliphatic heterocycles. The highest BCUT2D eigenvalue weighted by atomic mass is 16.1. The second-order valence-corrected chi connectivity index (χ2v) is 4.71. The van der Waals surface area contributed by atoms with Crippen LogP contribution in [0.25, 0.3) is 0 Å². The molecule has 0 unspecified atom stereocenters. The summed E-state index contributed by atoms with van der Waals surface area (Å²) >= 11 is 0. The molecular formula is C14H20O. The predicted octanol–water partition coefficient (Wildman–Crippen LogP) is 3.68. The van der Waals surface area contributed by atoms with Gasteiger partial charge in [0.2, 0.25) is 0 Å². The minimum absolute atomic E-state index is 0.0741. The van der Waals surface area contributed by atoms with Gasteiger partial charge in [-0.05, 0) is 45.1 Å². The maximum atomic E-state index is 12.0. The van der Waals surface area contributed by atoms with Crippen LogP contribution in [0.4, 0.5) is 0 Å². The molecule has 0 aromatic carbocycles. The Hall–Kier alpha value is -1.11. The van der Waals surface area contributed by atoms with Crippen molar-refractivity contribution in [2.45, 2.75) is 33.6 Å². The number of carbonyl (C=O) groups is 1. The normalized spacial score (nSPS) is 26.1. The lowest BCUT2D eigenvalue weighted by atomic mass is 9.73. The summed E-state index contributed by atoms with van der Waals surface area (Å²) in [5, 5.41) is 0. The number of hydrogen-bond donors (Lipinski definition) is 0. The maximum Gasteiger partial charge on any atom is 0.162 e. The largest absolute Gasteiger partial charge is 0.294 e. The van der Waals surface area contributed by atoms with Gasteiger partial charge in [0.15, 0.2) is 5.78 Å². The smallest absolute Gasteiger partial charge is 0.162 e. The topological polar surface area (TPSA) is 17.1 Å². The van der Waals surface area contributed by atoms with Crippen LogP contribution in [0.1, 0.15) is 33.6 Å². The molecule has 0 heterocycles. The summed E-state index contributed by atoms with van der Waals surface area (Å²) in [6.45, 7) is 13.8. The van der Waals surface area contributed by atoms with Crippen LogP contribution in [0.5, 0.6) is 0 Å². The van der Waals surface area contributed by atoms with Gasteiger partial charge >= 0.3 is 0 Å². The van der Waals surface area contributed by atoms with E-state index < -0.39 is 0 Å². The summed E-state index contributed by atoms with van der Waals surface area (Å²) in [7, 11) is 0. The number of ketones is 1. The Labute approximate surface area is 92.6 Å². The molecule has 0 saturated heterocycles. The van der Waals surface area contributed by atoms with Crippen LogP contribution in [0.2, 0.25) is 0 Å². The van der Waals surface area contributed by atoms with Gasteiger partial charge in [0.1, 0.15) is 0 Å². The summed E-state index contributed by atoms with van der Waals surface area (Å²) in [6, 6.07) is 0. The van der Waals surface area contributed by atoms with Gasteiger partial charge in [0.05, 0.1) is 0 Å². The van der Waals surface area contributed by atoms with Crippen molar-refractivity contribution >= 4 is 5.78 Å². The molecule has 1 aliphatic carbocycles. The van der Waals surface area contributed by atoms with Crippen LogP contribution >= 0.6 is 0 Å². The first-order chi connectivity index (χ1) is 6.93. The third-order valence-corrected chi connectivity index (χ3v) is 3.09. The quantitative estimate of drug-likeness (QED) is 0.641. The Balaban J connectivity index is 2.94. The van der Waals surface area contributed by atoms with Gasteiger partial charge in [-0.1, -0.05) is 23.8 Å². The van der Waals surface area contributed by atoms with Crippen LogP contribution in [0.3, 0.4) is 0 Å². The fraction of sp³-hybridized carbons (Fsp3) is 0.500. The van der Waals surface area contributed by atoms with Crippen LogP contribution in [0, 0.1) is 11.8 Å². The van der Waals surface area contributed by atoms with E-state index in [0.717, 1.165) is 29.6 Å². The molecule has 0 aromatic rings. The lowest BCUT2D eigenvalue weighted by Crippen LogP contribution is -2.28. The number of allylic oxidation sites excluding steroid dienone is 4. The molecular weight excluding hydrogens is 184 g/mol. The van der Waals surface area contributed by atoms with Gasteiger partial charge in [-0.2, -0.15) is 0 Å². The molecule has 0 amide bonds. The molecule has 82 valence electrons. The molecule has 1 heteroatoms. The molecule has 1 nitrogen and oxygen atoms in total. The van der Waals surface area contributed by atoms with Crippen LogP contribution in [-0.4, -0.2) is 5.78 Å². The SMILES string of the molecule is C=C(C)C[C@@H]1C(=O)C(C)=CC[C@H]1C(=C)C. The molecule has 2 atom stereocenters. The van der Waals surface area contributed by atoms with E-state index in [4.69, 9.17) is 0 Å². The second kappa shape index (κ2) is 4.61. The molecule has 0 radical (unpaired) electrons. The Morgan fingerprint density at radius 3 is 2.53 bits per heavy atom. The molecule has 0 N–H and O–H groups in total. The van der Waals surface area contributed by atoms with Gasteiger partial charge < -0.3 is 0 Å². The third-order valence-electron chi connectivity index (χ3n) is 3.09. The third kappa shape index (κ3) is 2.68. The molecule has 15 heavy (non-hydrogen) atoms. The zero-order chi connectivity index (χ0) is 11.6. The summed E-state index contributed by atoms with van der Waals surface area (Å²) in [4.78, 5) is 12.0. The molecule has 0 aromatic heterocycles. The molecule has 0 fully saturated rings. The van der Waals surface area contributed by atoms with Crippen LogP contribution in [0.15, 0.2) is 36.0 Å². The highest BCUT2D eigenvalue weighted by Gasteiger charge is 2.31. The van der Waals surface area contributed by atoms with E-state index in [2.05, 4.69) is 13.2 Å². The van der Waals surface area contributed by atoms with E-state index in [1.54, 1.807) is 0 Å². The second-order valence-electron chi connectivity index (χ2n) is 4.71. The van der Waals surface area contributed by atoms with Crippen molar-refractivity contribution in [3.63, 3.8) is 0 Å². The predicted molar refractivity (Wildman–Crippen MR) is 64.6 cm³/mol. The summed E-state index contributed by atoms with van der Waals surface area (Å²) in [6.07, 6.45) is 3.78. The fourth-order valence-electron chi connectivity index (χ4n) is 2.20. The minimum Gasteiger partial charge on any atom is -0.294 e. The number of carbonyl (C=O) groups excluding carboxylic acids is 1. The van der Waals surface area contributed by atoms with Crippen molar-refractivity contribution in [3.8, 4) is 0 Å². The minimum atomic E-state index is 0.0741. The lowest BCUT2D eigenvalue weighted by molar-refractivity contribution is -0.120. The first kappa shape index (κ1) is 12.0.